The van der Waals surface area contributed by atoms with Crippen molar-refractivity contribution in [2.45, 2.75) is 51.7 Å². The molecule has 3 nitrogen and oxygen atoms in total. The summed E-state index contributed by atoms with van der Waals surface area (Å²) in [5, 5.41) is 5.69. The Morgan fingerprint density at radius 1 is 1.37 bits per heavy atom. The molecule has 1 unspecified atom stereocenters. The molecule has 0 aromatic carbocycles. The minimum Gasteiger partial charge on any atom is -0.496 e. The molecule has 0 aliphatic rings. The Hall–Kier alpha value is -0.580. The van der Waals surface area contributed by atoms with E-state index in [9.17, 15) is 0 Å². The zero-order valence-electron chi connectivity index (χ0n) is 12.8. The number of rotatable bonds is 9. The summed E-state index contributed by atoms with van der Waals surface area (Å²) in [5.74, 6) is 0.953. The van der Waals surface area contributed by atoms with Crippen molar-refractivity contribution in [3.05, 3.63) is 16.3 Å². The van der Waals surface area contributed by atoms with E-state index in [1.54, 1.807) is 25.6 Å². The minimum atomic E-state index is -0.0620. The first-order valence-electron chi connectivity index (χ1n) is 6.93. The molecular formula is C15H27NO2S. The molecule has 1 aromatic rings. The van der Waals surface area contributed by atoms with Crippen LogP contribution in [0.5, 0.6) is 5.75 Å². The van der Waals surface area contributed by atoms with Gasteiger partial charge in [0.05, 0.1) is 12.7 Å². The normalized spacial score (nSPS) is 13.5. The van der Waals surface area contributed by atoms with Crippen LogP contribution in [0.3, 0.4) is 0 Å². The smallest absolute Gasteiger partial charge is 0.129 e. The van der Waals surface area contributed by atoms with Crippen LogP contribution in [0.2, 0.25) is 0 Å². The van der Waals surface area contributed by atoms with Crippen molar-refractivity contribution in [2.75, 3.05) is 20.8 Å². The summed E-state index contributed by atoms with van der Waals surface area (Å²) < 4.78 is 10.8. The molecule has 0 saturated carbocycles. The molecule has 0 amide bonds. The van der Waals surface area contributed by atoms with Crippen LogP contribution in [-0.2, 0) is 4.74 Å². The van der Waals surface area contributed by atoms with Crippen molar-refractivity contribution in [1.82, 2.24) is 5.32 Å². The molecule has 0 spiro atoms. The SMILES string of the molecule is CCCNC(CCC(C)(C)OC)c1cc(OC)cs1. The van der Waals surface area contributed by atoms with Crippen LogP contribution in [0.1, 0.15) is 51.0 Å². The van der Waals surface area contributed by atoms with Gasteiger partial charge in [-0.15, -0.1) is 11.3 Å². The van der Waals surface area contributed by atoms with E-state index in [4.69, 9.17) is 9.47 Å². The third kappa shape index (κ3) is 5.51. The Morgan fingerprint density at radius 3 is 2.63 bits per heavy atom. The lowest BCUT2D eigenvalue weighted by Gasteiger charge is -2.26. The average molecular weight is 285 g/mol. The van der Waals surface area contributed by atoms with Gasteiger partial charge in [0.1, 0.15) is 5.75 Å². The number of hydrogen-bond donors (Lipinski definition) is 1. The fraction of sp³-hybridized carbons (Fsp3) is 0.733. The zero-order chi connectivity index (χ0) is 14.3. The Morgan fingerprint density at radius 2 is 2.11 bits per heavy atom. The first-order chi connectivity index (χ1) is 9.02. The Balaban J connectivity index is 2.65. The van der Waals surface area contributed by atoms with Gasteiger partial charge in [0, 0.05) is 23.4 Å². The molecular weight excluding hydrogens is 258 g/mol. The van der Waals surface area contributed by atoms with E-state index in [0.29, 0.717) is 6.04 Å². The first kappa shape index (κ1) is 16.5. The third-order valence-corrected chi connectivity index (χ3v) is 4.43. The highest BCUT2D eigenvalue weighted by molar-refractivity contribution is 7.10. The molecule has 0 saturated heterocycles. The number of ether oxygens (including phenoxy) is 2. The highest BCUT2D eigenvalue weighted by Gasteiger charge is 2.21. The van der Waals surface area contributed by atoms with Crippen molar-refractivity contribution in [3.8, 4) is 5.75 Å². The zero-order valence-corrected chi connectivity index (χ0v) is 13.6. The van der Waals surface area contributed by atoms with Crippen molar-refractivity contribution < 1.29 is 9.47 Å². The van der Waals surface area contributed by atoms with E-state index in [0.717, 1.165) is 31.6 Å². The van der Waals surface area contributed by atoms with Gasteiger partial charge in [-0.3, -0.25) is 0 Å². The van der Waals surface area contributed by atoms with Gasteiger partial charge in [0.15, 0.2) is 0 Å². The first-order valence-corrected chi connectivity index (χ1v) is 7.81. The van der Waals surface area contributed by atoms with Gasteiger partial charge < -0.3 is 14.8 Å². The van der Waals surface area contributed by atoms with Crippen molar-refractivity contribution in [3.63, 3.8) is 0 Å². The maximum atomic E-state index is 5.51. The van der Waals surface area contributed by atoms with E-state index in [-0.39, 0.29) is 5.60 Å². The Labute approximate surface area is 121 Å². The monoisotopic (exact) mass is 285 g/mol. The fourth-order valence-electron chi connectivity index (χ4n) is 1.88. The van der Waals surface area contributed by atoms with Crippen LogP contribution >= 0.6 is 11.3 Å². The second kappa shape index (κ2) is 7.88. The molecule has 4 heteroatoms. The standard InChI is InChI=1S/C15H27NO2S/c1-6-9-16-13(7-8-15(2,3)18-5)14-10-12(17-4)11-19-14/h10-11,13,16H,6-9H2,1-5H3. The molecule has 1 aromatic heterocycles. The van der Waals surface area contributed by atoms with Crippen molar-refractivity contribution >= 4 is 11.3 Å². The third-order valence-electron chi connectivity index (χ3n) is 3.40. The van der Waals surface area contributed by atoms with E-state index < -0.39 is 0 Å². The van der Waals surface area contributed by atoms with Gasteiger partial charge in [-0.25, -0.2) is 0 Å². The molecule has 0 bridgehead atoms. The molecule has 0 aliphatic carbocycles. The van der Waals surface area contributed by atoms with Gasteiger partial charge in [-0.05, 0) is 45.7 Å². The molecule has 1 rings (SSSR count). The van der Waals surface area contributed by atoms with Crippen LogP contribution in [-0.4, -0.2) is 26.4 Å². The highest BCUT2D eigenvalue weighted by Crippen LogP contribution is 2.31. The topological polar surface area (TPSA) is 30.5 Å². The van der Waals surface area contributed by atoms with Crippen LogP contribution in [0, 0.1) is 0 Å². The maximum absolute atomic E-state index is 5.51. The van der Waals surface area contributed by atoms with E-state index in [1.165, 1.54) is 4.88 Å². The summed E-state index contributed by atoms with van der Waals surface area (Å²) in [7, 11) is 3.50. The van der Waals surface area contributed by atoms with Gasteiger partial charge in [-0.2, -0.15) is 0 Å². The molecule has 0 aliphatic heterocycles. The molecule has 1 atom stereocenters. The van der Waals surface area contributed by atoms with Crippen LogP contribution < -0.4 is 10.1 Å². The number of methoxy groups -OCH3 is 2. The highest BCUT2D eigenvalue weighted by atomic mass is 32.1. The summed E-state index contributed by atoms with van der Waals surface area (Å²) in [6.45, 7) is 7.51. The predicted molar refractivity (Wildman–Crippen MR) is 82.2 cm³/mol. The van der Waals surface area contributed by atoms with Crippen molar-refractivity contribution in [2.24, 2.45) is 0 Å². The van der Waals surface area contributed by atoms with Crippen LogP contribution in [0.4, 0.5) is 0 Å². The number of hydrogen-bond acceptors (Lipinski definition) is 4. The molecule has 0 radical (unpaired) electrons. The van der Waals surface area contributed by atoms with E-state index in [2.05, 4.69) is 37.5 Å². The van der Waals surface area contributed by atoms with Gasteiger partial charge in [-0.1, -0.05) is 6.92 Å². The summed E-state index contributed by atoms with van der Waals surface area (Å²) in [6.07, 6.45) is 3.25. The lowest BCUT2D eigenvalue weighted by molar-refractivity contribution is 0.0117. The van der Waals surface area contributed by atoms with Gasteiger partial charge in [0.25, 0.3) is 0 Å². The Bertz CT molecular complexity index is 363. The molecule has 0 fully saturated rings. The van der Waals surface area contributed by atoms with Gasteiger partial charge >= 0.3 is 0 Å². The molecule has 1 N–H and O–H groups in total. The molecule has 19 heavy (non-hydrogen) atoms. The summed E-state index contributed by atoms with van der Waals surface area (Å²) in [4.78, 5) is 1.34. The van der Waals surface area contributed by atoms with Crippen LogP contribution in [0.25, 0.3) is 0 Å². The van der Waals surface area contributed by atoms with E-state index >= 15 is 0 Å². The fourth-order valence-corrected chi connectivity index (χ4v) is 2.85. The predicted octanol–water partition coefficient (Wildman–Crippen LogP) is 4.00. The second-order valence-electron chi connectivity index (χ2n) is 5.40. The van der Waals surface area contributed by atoms with Gasteiger partial charge in [0.2, 0.25) is 0 Å². The van der Waals surface area contributed by atoms with Crippen LogP contribution in [0.15, 0.2) is 11.4 Å². The largest absolute Gasteiger partial charge is 0.496 e. The summed E-state index contributed by atoms with van der Waals surface area (Å²) >= 11 is 1.76. The lowest BCUT2D eigenvalue weighted by Crippen LogP contribution is -2.27. The second-order valence-corrected chi connectivity index (χ2v) is 6.34. The Kier molecular flexibility index (Phi) is 6.83. The summed E-state index contributed by atoms with van der Waals surface area (Å²) in [6, 6.07) is 2.53. The lowest BCUT2D eigenvalue weighted by atomic mass is 9.98. The number of thiophene rings is 1. The maximum Gasteiger partial charge on any atom is 0.129 e. The molecule has 1 heterocycles. The quantitative estimate of drug-likeness (QED) is 0.744. The summed E-state index contributed by atoms with van der Waals surface area (Å²) in [5.41, 5.74) is -0.0620. The van der Waals surface area contributed by atoms with Crippen molar-refractivity contribution in [1.29, 1.82) is 0 Å². The molecule has 110 valence electrons. The van der Waals surface area contributed by atoms with E-state index in [1.807, 2.05) is 0 Å². The minimum absolute atomic E-state index is 0.0620. The average Bonchev–Trinajstić information content (AvgIpc) is 2.87. The number of nitrogens with one attached hydrogen (secondary N) is 1.